The van der Waals surface area contributed by atoms with Crippen molar-refractivity contribution in [1.82, 2.24) is 15.2 Å². The quantitative estimate of drug-likeness (QED) is 0.167. The molecule has 2 aromatic carbocycles. The molecule has 0 amide bonds. The molecular weight excluding hydrogens is 543 g/mol. The van der Waals surface area contributed by atoms with E-state index in [0.29, 0.717) is 38.8 Å². The largest absolute Gasteiger partial charge is 0.491 e. The average molecular weight is 576 g/mol. The number of benzene rings is 2. The first-order valence-corrected chi connectivity index (χ1v) is 11.0. The van der Waals surface area contributed by atoms with Crippen LogP contribution in [0.15, 0.2) is 76.6 Å². The monoisotopic (exact) mass is 576 g/mol. The fourth-order valence-corrected chi connectivity index (χ4v) is 3.31. The lowest BCUT2D eigenvalue weighted by molar-refractivity contribution is 0.145. The van der Waals surface area contributed by atoms with E-state index in [1.807, 2.05) is 31.2 Å². The van der Waals surface area contributed by atoms with E-state index in [0.717, 1.165) is 28.0 Å². The molecule has 8 heteroatoms. The molecule has 0 spiro atoms. The number of guanidine groups is 1. The van der Waals surface area contributed by atoms with Gasteiger partial charge in [-0.25, -0.2) is 0 Å². The van der Waals surface area contributed by atoms with E-state index in [4.69, 9.17) is 9.47 Å². The lowest BCUT2D eigenvalue weighted by Gasteiger charge is -2.15. The smallest absolute Gasteiger partial charge is 0.250 e. The zero-order valence-electron chi connectivity index (χ0n) is 19.9. The summed E-state index contributed by atoms with van der Waals surface area (Å²) >= 11 is 0. The van der Waals surface area contributed by atoms with Gasteiger partial charge in [0.05, 0.1) is 13.2 Å². The van der Waals surface area contributed by atoms with Crippen LogP contribution in [-0.2, 0) is 24.4 Å². The Balaban J connectivity index is 0.00000408. The minimum Gasteiger partial charge on any atom is -0.491 e. The fourth-order valence-electron chi connectivity index (χ4n) is 3.31. The number of aliphatic imine (C=N–C) groups is 1. The number of halogens is 1. The van der Waals surface area contributed by atoms with Crippen LogP contribution in [0.1, 0.15) is 22.3 Å². The van der Waals surface area contributed by atoms with E-state index in [1.165, 1.54) is 0 Å². The number of aryl methyl sites for hydroxylation is 1. The summed E-state index contributed by atoms with van der Waals surface area (Å²) in [5.41, 5.74) is 4.41. The van der Waals surface area contributed by atoms with Gasteiger partial charge in [-0.3, -0.25) is 9.79 Å². The van der Waals surface area contributed by atoms with E-state index < -0.39 is 0 Å². The minimum atomic E-state index is -0.000974. The lowest BCUT2D eigenvalue weighted by atomic mass is 10.1. The van der Waals surface area contributed by atoms with Gasteiger partial charge in [0.1, 0.15) is 12.4 Å². The Morgan fingerprint density at radius 2 is 1.71 bits per heavy atom. The van der Waals surface area contributed by atoms with Crippen molar-refractivity contribution in [3.63, 3.8) is 0 Å². The Bertz CT molecular complexity index is 1110. The zero-order chi connectivity index (χ0) is 23.5. The average Bonchev–Trinajstić information content (AvgIpc) is 2.83. The second-order valence-corrected chi connectivity index (χ2v) is 7.72. The van der Waals surface area contributed by atoms with Gasteiger partial charge in [-0.1, -0.05) is 42.5 Å². The van der Waals surface area contributed by atoms with Gasteiger partial charge in [-0.2, -0.15) is 0 Å². The first-order valence-electron chi connectivity index (χ1n) is 11.0. The Morgan fingerprint density at radius 1 is 0.971 bits per heavy atom. The number of pyridine rings is 1. The number of hydrogen-bond donors (Lipinski definition) is 2. The van der Waals surface area contributed by atoms with Crippen molar-refractivity contribution < 1.29 is 9.47 Å². The van der Waals surface area contributed by atoms with Crippen molar-refractivity contribution in [3.05, 3.63) is 99.5 Å². The van der Waals surface area contributed by atoms with Crippen LogP contribution in [0.4, 0.5) is 0 Å². The van der Waals surface area contributed by atoms with Crippen LogP contribution in [0.25, 0.3) is 0 Å². The highest BCUT2D eigenvalue weighted by Gasteiger charge is 2.06. The van der Waals surface area contributed by atoms with Gasteiger partial charge in [0, 0.05) is 45.1 Å². The number of nitrogens with one attached hydrogen (secondary N) is 2. The van der Waals surface area contributed by atoms with E-state index in [2.05, 4.69) is 39.9 Å². The second kappa shape index (κ2) is 14.4. The predicted molar refractivity (Wildman–Crippen MR) is 147 cm³/mol. The maximum absolute atomic E-state index is 11.9. The van der Waals surface area contributed by atoms with Gasteiger partial charge in [-0.15, -0.1) is 24.0 Å². The molecule has 1 heterocycles. The van der Waals surface area contributed by atoms with Crippen molar-refractivity contribution in [3.8, 4) is 5.75 Å². The summed E-state index contributed by atoms with van der Waals surface area (Å²) in [7, 11) is 3.41. The Hall–Kier alpha value is -2.85. The highest BCUT2D eigenvalue weighted by Crippen LogP contribution is 2.20. The van der Waals surface area contributed by atoms with Gasteiger partial charge in [0.15, 0.2) is 5.96 Å². The molecule has 3 rings (SSSR count). The molecule has 0 unspecified atom stereocenters. The molecule has 182 valence electrons. The molecule has 0 aliphatic carbocycles. The van der Waals surface area contributed by atoms with Crippen molar-refractivity contribution in [2.45, 2.75) is 26.6 Å². The fraction of sp³-hybridized carbons (Fsp3) is 0.308. The Morgan fingerprint density at radius 3 is 2.41 bits per heavy atom. The third-order valence-electron chi connectivity index (χ3n) is 5.17. The maximum Gasteiger partial charge on any atom is 0.250 e. The molecule has 0 fully saturated rings. The predicted octanol–water partition coefficient (Wildman–Crippen LogP) is 3.71. The van der Waals surface area contributed by atoms with E-state index in [-0.39, 0.29) is 29.5 Å². The number of hydrogen-bond acceptors (Lipinski definition) is 4. The highest BCUT2D eigenvalue weighted by atomic mass is 127. The van der Waals surface area contributed by atoms with Gasteiger partial charge in [0.25, 0.3) is 5.56 Å². The van der Waals surface area contributed by atoms with Gasteiger partial charge >= 0.3 is 0 Å². The molecule has 0 atom stereocenters. The molecule has 0 bridgehead atoms. The molecule has 34 heavy (non-hydrogen) atoms. The summed E-state index contributed by atoms with van der Waals surface area (Å²) < 4.78 is 12.6. The molecule has 0 aliphatic rings. The van der Waals surface area contributed by atoms with Gasteiger partial charge in [-0.05, 0) is 35.7 Å². The summed E-state index contributed by atoms with van der Waals surface area (Å²) in [6.07, 6.45) is 1.80. The number of nitrogens with zero attached hydrogens (tertiary/aromatic N) is 2. The Kier molecular flexibility index (Phi) is 11.6. The molecule has 0 radical (unpaired) electrons. The Labute approximate surface area is 218 Å². The molecule has 2 N–H and O–H groups in total. The van der Waals surface area contributed by atoms with Gasteiger partial charge in [0.2, 0.25) is 0 Å². The highest BCUT2D eigenvalue weighted by molar-refractivity contribution is 14.0. The number of ether oxygens (including phenoxy) is 2. The topological polar surface area (TPSA) is 76.9 Å². The molecule has 0 aliphatic heterocycles. The van der Waals surface area contributed by atoms with Crippen LogP contribution >= 0.6 is 24.0 Å². The minimum absolute atomic E-state index is 0. The van der Waals surface area contributed by atoms with Crippen LogP contribution in [0.5, 0.6) is 5.75 Å². The van der Waals surface area contributed by atoms with Crippen molar-refractivity contribution >= 4 is 29.9 Å². The van der Waals surface area contributed by atoms with E-state index >= 15 is 0 Å². The normalized spacial score (nSPS) is 11.0. The molecule has 1 aromatic heterocycles. The number of rotatable bonds is 10. The summed E-state index contributed by atoms with van der Waals surface area (Å²) in [5.74, 6) is 1.56. The third-order valence-corrected chi connectivity index (χ3v) is 5.17. The summed E-state index contributed by atoms with van der Waals surface area (Å²) in [5, 5.41) is 6.69. The second-order valence-electron chi connectivity index (χ2n) is 7.72. The van der Waals surface area contributed by atoms with Crippen molar-refractivity contribution in [2.24, 2.45) is 4.99 Å². The van der Waals surface area contributed by atoms with Gasteiger partial charge < -0.3 is 24.7 Å². The van der Waals surface area contributed by atoms with Crippen LogP contribution < -0.4 is 20.9 Å². The van der Waals surface area contributed by atoms with Crippen LogP contribution in [0, 0.1) is 6.92 Å². The lowest BCUT2D eigenvalue weighted by Crippen LogP contribution is -2.36. The van der Waals surface area contributed by atoms with Crippen LogP contribution in [0.3, 0.4) is 0 Å². The maximum atomic E-state index is 11.9. The molecule has 0 saturated heterocycles. The summed E-state index contributed by atoms with van der Waals surface area (Å²) in [6.45, 7) is 4.88. The zero-order valence-corrected chi connectivity index (χ0v) is 22.2. The van der Waals surface area contributed by atoms with Crippen LogP contribution in [-0.4, -0.2) is 37.9 Å². The number of methoxy groups -OCH3 is 1. The molecule has 7 nitrogen and oxygen atoms in total. The summed E-state index contributed by atoms with van der Waals surface area (Å²) in [4.78, 5) is 16.2. The van der Waals surface area contributed by atoms with E-state index in [9.17, 15) is 4.79 Å². The summed E-state index contributed by atoms with van der Waals surface area (Å²) in [6, 6.07) is 19.6. The van der Waals surface area contributed by atoms with Crippen molar-refractivity contribution in [1.29, 1.82) is 0 Å². The van der Waals surface area contributed by atoms with E-state index in [1.54, 1.807) is 37.1 Å². The molecular formula is C26H33IN4O3. The molecule has 0 saturated carbocycles. The molecule has 3 aromatic rings. The first kappa shape index (κ1) is 27.4. The van der Waals surface area contributed by atoms with Crippen LogP contribution in [0.2, 0.25) is 0 Å². The number of aromatic nitrogens is 1. The standard InChI is InChI=1S/C26H32N4O3.HI/c1-20-7-12-23(24(16-20)33-15-14-32-3)18-29-26(27-2)28-17-21-8-10-22(11-9-21)19-30-13-5-4-6-25(30)31;/h4-13,16H,14-15,17-19H2,1-3H3,(H2,27,28,29);1H. The SMILES string of the molecule is CN=C(NCc1ccc(Cn2ccccc2=O)cc1)NCc1ccc(C)cc1OCCOC.I. The van der Waals surface area contributed by atoms with Crippen molar-refractivity contribution in [2.75, 3.05) is 27.4 Å². The first-order chi connectivity index (χ1) is 16.1. The third kappa shape index (κ3) is 8.49.